The molecule has 15 heavy (non-hydrogen) atoms. The number of rotatable bonds is 4. The fourth-order valence-corrected chi connectivity index (χ4v) is 2.40. The van der Waals surface area contributed by atoms with Gasteiger partial charge >= 0.3 is 0 Å². The number of imidazole rings is 1. The summed E-state index contributed by atoms with van der Waals surface area (Å²) in [6, 6.07) is 0. The van der Waals surface area contributed by atoms with Gasteiger partial charge in [0.1, 0.15) is 5.82 Å². The number of hydrogen-bond donors (Lipinski definition) is 0. The van der Waals surface area contributed by atoms with Crippen LogP contribution in [-0.4, -0.2) is 23.3 Å². The zero-order valence-corrected chi connectivity index (χ0v) is 9.75. The molecule has 3 heteroatoms. The predicted molar refractivity (Wildman–Crippen MR) is 60.1 cm³/mol. The zero-order valence-electron chi connectivity index (χ0n) is 9.75. The summed E-state index contributed by atoms with van der Waals surface area (Å²) in [5.41, 5.74) is 2.83. The standard InChI is InChI=1S/C12H20N2O/c1-10-13-11-6-3-4-7-12(11)14(10)8-5-9-15-2/h3-9H2,1-2H3. The smallest absolute Gasteiger partial charge is 0.106 e. The van der Waals surface area contributed by atoms with Crippen LogP contribution in [0, 0.1) is 6.92 Å². The second-order valence-corrected chi connectivity index (χ2v) is 4.26. The van der Waals surface area contributed by atoms with Gasteiger partial charge in [0.2, 0.25) is 0 Å². The molecule has 1 aliphatic rings. The molecule has 0 spiro atoms. The maximum Gasteiger partial charge on any atom is 0.106 e. The molecule has 84 valence electrons. The Hall–Kier alpha value is -0.830. The Morgan fingerprint density at radius 1 is 1.33 bits per heavy atom. The molecule has 1 heterocycles. The number of methoxy groups -OCH3 is 1. The van der Waals surface area contributed by atoms with Gasteiger partial charge in [0.05, 0.1) is 5.69 Å². The SMILES string of the molecule is COCCCn1c(C)nc2c1CCCC2. The van der Waals surface area contributed by atoms with E-state index < -0.39 is 0 Å². The average Bonchev–Trinajstić information content (AvgIpc) is 2.56. The van der Waals surface area contributed by atoms with E-state index in [1.54, 1.807) is 7.11 Å². The Morgan fingerprint density at radius 2 is 2.13 bits per heavy atom. The lowest BCUT2D eigenvalue weighted by atomic mass is 10.0. The summed E-state index contributed by atoms with van der Waals surface area (Å²) in [6.45, 7) is 4.01. The van der Waals surface area contributed by atoms with Crippen molar-refractivity contribution in [1.82, 2.24) is 9.55 Å². The molecule has 0 bridgehead atoms. The highest BCUT2D eigenvalue weighted by atomic mass is 16.5. The number of hydrogen-bond acceptors (Lipinski definition) is 2. The van der Waals surface area contributed by atoms with Gasteiger partial charge in [0, 0.05) is 26.0 Å². The molecule has 0 aliphatic heterocycles. The quantitative estimate of drug-likeness (QED) is 0.709. The molecule has 1 aromatic heterocycles. The third-order valence-corrected chi connectivity index (χ3v) is 3.15. The Labute approximate surface area is 91.5 Å². The zero-order chi connectivity index (χ0) is 10.7. The van der Waals surface area contributed by atoms with Gasteiger partial charge in [0.15, 0.2) is 0 Å². The van der Waals surface area contributed by atoms with Crippen LogP contribution in [0.5, 0.6) is 0 Å². The summed E-state index contributed by atoms with van der Waals surface area (Å²) in [4.78, 5) is 4.65. The highest BCUT2D eigenvalue weighted by Gasteiger charge is 2.17. The monoisotopic (exact) mass is 208 g/mol. The number of nitrogens with zero attached hydrogens (tertiary/aromatic N) is 2. The van der Waals surface area contributed by atoms with Crippen LogP contribution in [0.1, 0.15) is 36.5 Å². The molecular weight excluding hydrogens is 188 g/mol. The molecule has 0 atom stereocenters. The first-order chi connectivity index (χ1) is 7.33. The summed E-state index contributed by atoms with van der Waals surface area (Å²) >= 11 is 0. The Morgan fingerprint density at radius 3 is 2.93 bits per heavy atom. The second-order valence-electron chi connectivity index (χ2n) is 4.26. The number of aromatic nitrogens is 2. The average molecular weight is 208 g/mol. The lowest BCUT2D eigenvalue weighted by Crippen LogP contribution is -2.10. The van der Waals surface area contributed by atoms with Crippen LogP contribution < -0.4 is 0 Å². The highest BCUT2D eigenvalue weighted by molar-refractivity contribution is 5.19. The van der Waals surface area contributed by atoms with Gasteiger partial charge < -0.3 is 9.30 Å². The molecule has 1 aromatic rings. The van der Waals surface area contributed by atoms with Gasteiger partial charge in [-0.05, 0) is 39.0 Å². The minimum Gasteiger partial charge on any atom is -0.385 e. The molecule has 1 aliphatic carbocycles. The van der Waals surface area contributed by atoms with E-state index in [4.69, 9.17) is 4.74 Å². The Balaban J connectivity index is 2.11. The molecule has 2 rings (SSSR count). The van der Waals surface area contributed by atoms with Crippen molar-refractivity contribution in [3.63, 3.8) is 0 Å². The Kier molecular flexibility index (Phi) is 3.41. The Bertz CT molecular complexity index is 331. The normalized spacial score (nSPS) is 15.3. The van der Waals surface area contributed by atoms with Crippen LogP contribution in [0.4, 0.5) is 0 Å². The van der Waals surface area contributed by atoms with Crippen molar-refractivity contribution < 1.29 is 4.74 Å². The van der Waals surface area contributed by atoms with Gasteiger partial charge in [-0.25, -0.2) is 4.98 Å². The molecule has 0 radical (unpaired) electrons. The first-order valence-corrected chi connectivity index (χ1v) is 5.86. The third-order valence-electron chi connectivity index (χ3n) is 3.15. The topological polar surface area (TPSA) is 27.1 Å². The summed E-state index contributed by atoms with van der Waals surface area (Å²) in [7, 11) is 1.76. The summed E-state index contributed by atoms with van der Waals surface area (Å²) in [5, 5.41) is 0. The largest absolute Gasteiger partial charge is 0.385 e. The lowest BCUT2D eigenvalue weighted by molar-refractivity contribution is 0.189. The summed E-state index contributed by atoms with van der Waals surface area (Å²) < 4.78 is 7.47. The molecule has 3 nitrogen and oxygen atoms in total. The van der Waals surface area contributed by atoms with E-state index in [2.05, 4.69) is 16.5 Å². The number of ether oxygens (including phenoxy) is 1. The van der Waals surface area contributed by atoms with Crippen molar-refractivity contribution in [2.45, 2.75) is 45.6 Å². The van der Waals surface area contributed by atoms with Gasteiger partial charge in [-0.2, -0.15) is 0 Å². The van der Waals surface area contributed by atoms with Gasteiger partial charge in [0.25, 0.3) is 0 Å². The fraction of sp³-hybridized carbons (Fsp3) is 0.750. The van der Waals surface area contributed by atoms with E-state index in [0.29, 0.717) is 0 Å². The van der Waals surface area contributed by atoms with E-state index in [1.165, 1.54) is 42.9 Å². The summed E-state index contributed by atoms with van der Waals surface area (Å²) in [6.07, 6.45) is 6.10. The third kappa shape index (κ3) is 2.23. The first-order valence-electron chi connectivity index (χ1n) is 5.86. The molecule has 0 saturated heterocycles. The van der Waals surface area contributed by atoms with E-state index in [9.17, 15) is 0 Å². The van der Waals surface area contributed by atoms with Crippen molar-refractivity contribution >= 4 is 0 Å². The van der Waals surface area contributed by atoms with Gasteiger partial charge in [-0.3, -0.25) is 0 Å². The molecule has 0 fully saturated rings. The van der Waals surface area contributed by atoms with Crippen molar-refractivity contribution in [1.29, 1.82) is 0 Å². The maximum absolute atomic E-state index is 5.09. The van der Waals surface area contributed by atoms with E-state index >= 15 is 0 Å². The molecule has 0 N–H and O–H groups in total. The van der Waals surface area contributed by atoms with Crippen LogP contribution >= 0.6 is 0 Å². The minimum absolute atomic E-state index is 0.840. The molecule has 0 saturated carbocycles. The minimum atomic E-state index is 0.840. The van der Waals surface area contributed by atoms with E-state index in [1.807, 2.05) is 0 Å². The maximum atomic E-state index is 5.09. The van der Waals surface area contributed by atoms with Crippen LogP contribution in [0.3, 0.4) is 0 Å². The number of fused-ring (bicyclic) bond motifs is 1. The molecule has 0 unspecified atom stereocenters. The molecular formula is C12H20N2O. The fourth-order valence-electron chi connectivity index (χ4n) is 2.40. The van der Waals surface area contributed by atoms with E-state index in [-0.39, 0.29) is 0 Å². The van der Waals surface area contributed by atoms with Crippen LogP contribution in [-0.2, 0) is 24.1 Å². The van der Waals surface area contributed by atoms with Gasteiger partial charge in [-0.1, -0.05) is 0 Å². The number of aryl methyl sites for hydroxylation is 2. The van der Waals surface area contributed by atoms with Crippen LogP contribution in [0.2, 0.25) is 0 Å². The van der Waals surface area contributed by atoms with Gasteiger partial charge in [-0.15, -0.1) is 0 Å². The van der Waals surface area contributed by atoms with Crippen molar-refractivity contribution in [3.8, 4) is 0 Å². The summed E-state index contributed by atoms with van der Waals surface area (Å²) in [5.74, 6) is 1.18. The van der Waals surface area contributed by atoms with Crippen molar-refractivity contribution in [2.24, 2.45) is 0 Å². The van der Waals surface area contributed by atoms with E-state index in [0.717, 1.165) is 19.6 Å². The van der Waals surface area contributed by atoms with Crippen LogP contribution in [0.15, 0.2) is 0 Å². The predicted octanol–water partition coefficient (Wildman–Crippen LogP) is 2.11. The van der Waals surface area contributed by atoms with Crippen molar-refractivity contribution in [3.05, 3.63) is 17.2 Å². The highest BCUT2D eigenvalue weighted by Crippen LogP contribution is 2.22. The second kappa shape index (κ2) is 4.79. The first kappa shape index (κ1) is 10.7. The van der Waals surface area contributed by atoms with Crippen molar-refractivity contribution in [2.75, 3.05) is 13.7 Å². The lowest BCUT2D eigenvalue weighted by Gasteiger charge is -2.14. The molecule has 0 aromatic carbocycles. The molecule has 0 amide bonds. The van der Waals surface area contributed by atoms with Crippen LogP contribution in [0.25, 0.3) is 0 Å².